The maximum absolute atomic E-state index is 11.7. The van der Waals surface area contributed by atoms with Crippen molar-refractivity contribution in [2.75, 3.05) is 12.3 Å². The van der Waals surface area contributed by atoms with Crippen LogP contribution in [-0.4, -0.2) is 28.6 Å². The largest absolute Gasteiger partial charge is 0.384 e. The zero-order valence-corrected chi connectivity index (χ0v) is 11.3. The second-order valence-corrected chi connectivity index (χ2v) is 4.43. The molecule has 1 aromatic rings. The summed E-state index contributed by atoms with van der Waals surface area (Å²) in [5, 5.41) is 11.1. The molecule has 0 aliphatic rings. The van der Waals surface area contributed by atoms with Crippen LogP contribution in [0.15, 0.2) is 18.3 Å². The average Bonchev–Trinajstić information content (AvgIpc) is 2.46. The SMILES string of the molecule is Nc1ccc(C(=O)NCCCCCCC(=O)NO)cn1. The molecule has 1 aromatic heterocycles. The predicted molar refractivity (Wildman–Crippen MR) is 74.0 cm³/mol. The molecule has 2 amide bonds. The smallest absolute Gasteiger partial charge is 0.252 e. The van der Waals surface area contributed by atoms with Gasteiger partial charge in [0.05, 0.1) is 5.56 Å². The third-order valence-electron chi connectivity index (χ3n) is 2.79. The molecule has 0 atom stereocenters. The Morgan fingerprint density at radius 2 is 1.95 bits per heavy atom. The number of hydrogen-bond donors (Lipinski definition) is 4. The fourth-order valence-electron chi connectivity index (χ4n) is 1.66. The Morgan fingerprint density at radius 3 is 2.60 bits per heavy atom. The molecular weight excluding hydrogens is 260 g/mol. The van der Waals surface area contributed by atoms with E-state index in [1.807, 2.05) is 0 Å². The fourth-order valence-corrected chi connectivity index (χ4v) is 1.66. The summed E-state index contributed by atoms with van der Waals surface area (Å²) in [5.41, 5.74) is 7.52. The zero-order chi connectivity index (χ0) is 14.8. The number of nitrogens with one attached hydrogen (secondary N) is 2. The van der Waals surface area contributed by atoms with E-state index in [1.54, 1.807) is 17.6 Å². The first-order valence-corrected chi connectivity index (χ1v) is 6.56. The van der Waals surface area contributed by atoms with Crippen molar-refractivity contribution < 1.29 is 14.8 Å². The number of nitrogens with two attached hydrogens (primary N) is 1. The van der Waals surface area contributed by atoms with Crippen LogP contribution in [0.5, 0.6) is 0 Å². The molecule has 0 radical (unpaired) electrons. The van der Waals surface area contributed by atoms with Crippen molar-refractivity contribution in [3.05, 3.63) is 23.9 Å². The third-order valence-corrected chi connectivity index (χ3v) is 2.79. The number of rotatable bonds is 8. The van der Waals surface area contributed by atoms with E-state index in [1.165, 1.54) is 6.20 Å². The highest BCUT2D eigenvalue weighted by Crippen LogP contribution is 2.03. The minimum absolute atomic E-state index is 0.169. The molecule has 0 bridgehead atoms. The summed E-state index contributed by atoms with van der Waals surface area (Å²) in [6.45, 7) is 0.579. The molecule has 1 heterocycles. The Hall–Kier alpha value is -2.15. The summed E-state index contributed by atoms with van der Waals surface area (Å²) < 4.78 is 0. The molecule has 0 aliphatic carbocycles. The van der Waals surface area contributed by atoms with Gasteiger partial charge in [-0.2, -0.15) is 0 Å². The molecular formula is C13H20N4O3. The maximum atomic E-state index is 11.7. The summed E-state index contributed by atoms with van der Waals surface area (Å²) in [4.78, 5) is 26.3. The summed E-state index contributed by atoms with van der Waals surface area (Å²) >= 11 is 0. The summed E-state index contributed by atoms with van der Waals surface area (Å²) in [6.07, 6.45) is 5.13. The van der Waals surface area contributed by atoms with Crippen LogP contribution in [-0.2, 0) is 4.79 Å². The number of aromatic nitrogens is 1. The van der Waals surface area contributed by atoms with Gasteiger partial charge in [-0.3, -0.25) is 14.8 Å². The Balaban J connectivity index is 2.08. The number of carbonyl (C=O) groups excluding carboxylic acids is 2. The maximum Gasteiger partial charge on any atom is 0.252 e. The Morgan fingerprint density at radius 1 is 1.20 bits per heavy atom. The quantitative estimate of drug-likeness (QED) is 0.320. The van der Waals surface area contributed by atoms with Crippen LogP contribution < -0.4 is 16.5 Å². The van der Waals surface area contributed by atoms with Crippen molar-refractivity contribution in [2.45, 2.75) is 32.1 Å². The average molecular weight is 280 g/mol. The van der Waals surface area contributed by atoms with Crippen LogP contribution in [0.2, 0.25) is 0 Å². The molecule has 7 nitrogen and oxygen atoms in total. The second-order valence-electron chi connectivity index (χ2n) is 4.43. The van der Waals surface area contributed by atoms with Gasteiger partial charge in [0.2, 0.25) is 5.91 Å². The Kier molecular flexibility index (Phi) is 7.05. The van der Waals surface area contributed by atoms with Gasteiger partial charge in [-0.15, -0.1) is 0 Å². The lowest BCUT2D eigenvalue weighted by Gasteiger charge is -2.05. The highest BCUT2D eigenvalue weighted by molar-refractivity contribution is 5.93. The van der Waals surface area contributed by atoms with Gasteiger partial charge in [-0.25, -0.2) is 10.5 Å². The van der Waals surface area contributed by atoms with Crippen molar-refractivity contribution in [3.8, 4) is 0 Å². The number of nitrogens with zero attached hydrogens (tertiary/aromatic N) is 1. The van der Waals surface area contributed by atoms with Crippen LogP contribution in [0.4, 0.5) is 5.82 Å². The molecule has 0 fully saturated rings. The number of anilines is 1. The second kappa shape index (κ2) is 8.87. The molecule has 0 aromatic carbocycles. The number of hydroxylamine groups is 1. The van der Waals surface area contributed by atoms with Gasteiger partial charge in [0.1, 0.15) is 5.82 Å². The van der Waals surface area contributed by atoms with E-state index in [0.717, 1.165) is 25.7 Å². The van der Waals surface area contributed by atoms with E-state index >= 15 is 0 Å². The van der Waals surface area contributed by atoms with E-state index in [-0.39, 0.29) is 11.8 Å². The number of pyridine rings is 1. The van der Waals surface area contributed by atoms with Crippen molar-refractivity contribution in [3.63, 3.8) is 0 Å². The van der Waals surface area contributed by atoms with Crippen molar-refractivity contribution >= 4 is 17.6 Å². The molecule has 0 spiro atoms. The first-order chi connectivity index (χ1) is 9.63. The first-order valence-electron chi connectivity index (χ1n) is 6.56. The monoisotopic (exact) mass is 280 g/mol. The Labute approximate surface area is 117 Å². The normalized spacial score (nSPS) is 10.1. The number of nitrogen functional groups attached to an aromatic ring is 1. The number of unbranched alkanes of at least 4 members (excludes halogenated alkanes) is 3. The van der Waals surface area contributed by atoms with Crippen molar-refractivity contribution in [1.29, 1.82) is 0 Å². The highest BCUT2D eigenvalue weighted by Gasteiger charge is 2.04. The van der Waals surface area contributed by atoms with Gasteiger partial charge in [0, 0.05) is 19.2 Å². The van der Waals surface area contributed by atoms with Gasteiger partial charge in [0.25, 0.3) is 5.91 Å². The van der Waals surface area contributed by atoms with E-state index in [0.29, 0.717) is 24.3 Å². The molecule has 0 saturated heterocycles. The summed E-state index contributed by atoms with van der Waals surface area (Å²) in [5.74, 6) is -0.153. The lowest BCUT2D eigenvalue weighted by molar-refractivity contribution is -0.129. The minimum atomic E-state index is -0.367. The van der Waals surface area contributed by atoms with Crippen LogP contribution in [0.1, 0.15) is 42.5 Å². The topological polar surface area (TPSA) is 117 Å². The van der Waals surface area contributed by atoms with Gasteiger partial charge in [-0.1, -0.05) is 12.8 Å². The fraction of sp³-hybridized carbons (Fsp3) is 0.462. The van der Waals surface area contributed by atoms with Crippen LogP contribution in [0.3, 0.4) is 0 Å². The van der Waals surface area contributed by atoms with E-state index < -0.39 is 0 Å². The molecule has 0 unspecified atom stereocenters. The van der Waals surface area contributed by atoms with Gasteiger partial charge < -0.3 is 11.1 Å². The molecule has 0 saturated carbocycles. The van der Waals surface area contributed by atoms with Crippen molar-refractivity contribution in [1.82, 2.24) is 15.8 Å². The molecule has 7 heteroatoms. The van der Waals surface area contributed by atoms with Gasteiger partial charge in [-0.05, 0) is 25.0 Å². The third kappa shape index (κ3) is 6.14. The van der Waals surface area contributed by atoms with Crippen LogP contribution >= 0.6 is 0 Å². The van der Waals surface area contributed by atoms with Crippen LogP contribution in [0, 0.1) is 0 Å². The van der Waals surface area contributed by atoms with E-state index in [4.69, 9.17) is 10.9 Å². The lowest BCUT2D eigenvalue weighted by atomic mass is 10.1. The van der Waals surface area contributed by atoms with Crippen LogP contribution in [0.25, 0.3) is 0 Å². The first kappa shape index (κ1) is 15.9. The van der Waals surface area contributed by atoms with Crippen molar-refractivity contribution in [2.24, 2.45) is 0 Å². The number of carbonyl (C=O) groups is 2. The standard InChI is InChI=1S/C13H20N4O3/c14-11-7-6-10(9-16-11)13(19)15-8-4-2-1-3-5-12(18)17-20/h6-7,9,20H,1-5,8H2,(H2,14,16)(H,15,19)(H,17,18). The molecule has 1 rings (SSSR count). The molecule has 0 aliphatic heterocycles. The van der Waals surface area contributed by atoms with Gasteiger partial charge >= 0.3 is 0 Å². The number of amides is 2. The predicted octanol–water partition coefficient (Wildman–Crippen LogP) is 0.849. The van der Waals surface area contributed by atoms with E-state index in [9.17, 15) is 9.59 Å². The summed E-state index contributed by atoms with van der Waals surface area (Å²) in [6, 6.07) is 3.21. The highest BCUT2D eigenvalue weighted by atomic mass is 16.5. The zero-order valence-electron chi connectivity index (χ0n) is 11.3. The molecule has 20 heavy (non-hydrogen) atoms. The summed E-state index contributed by atoms with van der Waals surface area (Å²) in [7, 11) is 0. The molecule has 110 valence electrons. The molecule has 5 N–H and O–H groups in total. The Bertz CT molecular complexity index is 434. The lowest BCUT2D eigenvalue weighted by Crippen LogP contribution is -2.24. The van der Waals surface area contributed by atoms with E-state index in [2.05, 4.69) is 10.3 Å². The van der Waals surface area contributed by atoms with Gasteiger partial charge in [0.15, 0.2) is 0 Å². The number of hydrogen-bond acceptors (Lipinski definition) is 5. The minimum Gasteiger partial charge on any atom is -0.384 e.